The number of hydrogen-bond donors (Lipinski definition) is 1. The van der Waals surface area contributed by atoms with Gasteiger partial charge < -0.3 is 9.84 Å². The molecule has 2 rings (SSSR count). The minimum Gasteiger partial charge on any atom is -0.472 e. The summed E-state index contributed by atoms with van der Waals surface area (Å²) < 4.78 is 5.71. The molecule has 5 nitrogen and oxygen atoms in total. The van der Waals surface area contributed by atoms with Crippen molar-refractivity contribution >= 4 is 0 Å². The predicted octanol–water partition coefficient (Wildman–Crippen LogP) is 1.26. The van der Waals surface area contributed by atoms with Gasteiger partial charge in [0.05, 0.1) is 24.7 Å². The first-order chi connectivity index (χ1) is 8.78. The van der Waals surface area contributed by atoms with Crippen molar-refractivity contribution in [2.24, 2.45) is 0 Å². The van der Waals surface area contributed by atoms with Gasteiger partial charge in [-0.3, -0.25) is 9.88 Å². The summed E-state index contributed by atoms with van der Waals surface area (Å²) in [6, 6.07) is 0. The Bertz CT molecular complexity index is 330. The number of aromatic nitrogens is 2. The number of hydrogen-bond acceptors (Lipinski definition) is 5. The third kappa shape index (κ3) is 4.58. The highest BCUT2D eigenvalue weighted by atomic mass is 16.5. The maximum Gasteiger partial charge on any atom is 0.232 e. The van der Waals surface area contributed by atoms with E-state index in [-0.39, 0.29) is 12.7 Å². The average Bonchev–Trinajstić information content (AvgIpc) is 2.83. The summed E-state index contributed by atoms with van der Waals surface area (Å²) in [6.07, 6.45) is 4.51. The standard InChI is InChI=1S/C11H17N3O2.C2H6/c1-9-6-13-11(7-12-9)16-10-2-3-14(8-10)4-5-15;1-2/h6-7,10,15H,2-5,8H2,1H3;1-2H3/t10-;/m0./s1. The fourth-order valence-corrected chi connectivity index (χ4v) is 1.85. The van der Waals surface area contributed by atoms with Crippen molar-refractivity contribution in [3.8, 4) is 5.88 Å². The van der Waals surface area contributed by atoms with E-state index in [1.54, 1.807) is 12.4 Å². The molecular weight excluding hydrogens is 230 g/mol. The molecule has 2 heterocycles. The van der Waals surface area contributed by atoms with E-state index in [2.05, 4.69) is 14.9 Å². The minimum atomic E-state index is 0.170. The second-order valence-corrected chi connectivity index (χ2v) is 4.05. The Kier molecular flexibility index (Phi) is 6.60. The average molecular weight is 253 g/mol. The second-order valence-electron chi connectivity index (χ2n) is 4.05. The molecule has 18 heavy (non-hydrogen) atoms. The van der Waals surface area contributed by atoms with Gasteiger partial charge in [0, 0.05) is 19.6 Å². The minimum absolute atomic E-state index is 0.170. The second kappa shape index (κ2) is 8.00. The number of likely N-dealkylation sites (tertiary alicyclic amines) is 1. The van der Waals surface area contributed by atoms with E-state index in [1.807, 2.05) is 20.8 Å². The Morgan fingerprint density at radius 3 is 2.78 bits per heavy atom. The third-order valence-electron chi connectivity index (χ3n) is 2.69. The van der Waals surface area contributed by atoms with Gasteiger partial charge in [0.15, 0.2) is 0 Å². The molecule has 1 N–H and O–H groups in total. The van der Waals surface area contributed by atoms with Crippen LogP contribution >= 0.6 is 0 Å². The third-order valence-corrected chi connectivity index (χ3v) is 2.69. The maximum absolute atomic E-state index is 8.83. The Hall–Kier alpha value is -1.20. The Balaban J connectivity index is 0.000000771. The van der Waals surface area contributed by atoms with Gasteiger partial charge in [-0.25, -0.2) is 4.98 Å². The molecule has 1 aromatic rings. The molecule has 0 radical (unpaired) electrons. The van der Waals surface area contributed by atoms with Crippen LogP contribution < -0.4 is 4.74 Å². The van der Waals surface area contributed by atoms with Crippen molar-refractivity contribution in [2.75, 3.05) is 26.2 Å². The summed E-state index contributed by atoms with van der Waals surface area (Å²) in [4.78, 5) is 10.5. The molecule has 0 aliphatic carbocycles. The molecule has 0 saturated carbocycles. The number of aliphatic hydroxyl groups excluding tert-OH is 1. The van der Waals surface area contributed by atoms with Crippen molar-refractivity contribution in [1.82, 2.24) is 14.9 Å². The first kappa shape index (κ1) is 14.9. The topological polar surface area (TPSA) is 58.5 Å². The van der Waals surface area contributed by atoms with Crippen LogP contribution in [-0.2, 0) is 0 Å². The number of nitrogens with zero attached hydrogens (tertiary/aromatic N) is 3. The number of ether oxygens (including phenoxy) is 1. The maximum atomic E-state index is 8.83. The molecule has 1 aromatic heterocycles. The summed E-state index contributed by atoms with van der Waals surface area (Å²) >= 11 is 0. The fourth-order valence-electron chi connectivity index (χ4n) is 1.85. The van der Waals surface area contributed by atoms with Gasteiger partial charge >= 0.3 is 0 Å². The van der Waals surface area contributed by atoms with Crippen LogP contribution in [-0.4, -0.2) is 52.3 Å². The predicted molar refractivity (Wildman–Crippen MR) is 70.7 cm³/mol. The molecule has 1 aliphatic rings. The van der Waals surface area contributed by atoms with E-state index in [1.165, 1.54) is 0 Å². The lowest BCUT2D eigenvalue weighted by Crippen LogP contribution is -2.27. The number of rotatable bonds is 4. The molecule has 1 saturated heterocycles. The van der Waals surface area contributed by atoms with Gasteiger partial charge in [-0.2, -0.15) is 0 Å². The van der Waals surface area contributed by atoms with E-state index in [0.29, 0.717) is 5.88 Å². The quantitative estimate of drug-likeness (QED) is 0.875. The smallest absolute Gasteiger partial charge is 0.232 e. The lowest BCUT2D eigenvalue weighted by atomic mass is 10.3. The molecule has 0 bridgehead atoms. The van der Waals surface area contributed by atoms with Crippen LogP contribution in [0.25, 0.3) is 0 Å². The molecule has 0 amide bonds. The summed E-state index contributed by atoms with van der Waals surface area (Å²) in [5.41, 5.74) is 0.890. The monoisotopic (exact) mass is 253 g/mol. The summed E-state index contributed by atoms with van der Waals surface area (Å²) in [5, 5.41) is 8.83. The van der Waals surface area contributed by atoms with Crippen LogP contribution in [0, 0.1) is 6.92 Å². The summed E-state index contributed by atoms with van der Waals surface area (Å²) in [6.45, 7) is 8.66. The fraction of sp³-hybridized carbons (Fsp3) is 0.692. The van der Waals surface area contributed by atoms with E-state index in [4.69, 9.17) is 9.84 Å². The highest BCUT2D eigenvalue weighted by Gasteiger charge is 2.23. The molecule has 5 heteroatoms. The zero-order chi connectivity index (χ0) is 13.4. The molecule has 0 unspecified atom stereocenters. The molecule has 1 atom stereocenters. The zero-order valence-electron chi connectivity index (χ0n) is 11.5. The molecule has 1 fully saturated rings. The van der Waals surface area contributed by atoms with Crippen LogP contribution in [0.3, 0.4) is 0 Å². The summed E-state index contributed by atoms with van der Waals surface area (Å²) in [7, 11) is 0. The highest BCUT2D eigenvalue weighted by Crippen LogP contribution is 2.15. The van der Waals surface area contributed by atoms with Gasteiger partial charge in [-0.1, -0.05) is 13.8 Å². The van der Waals surface area contributed by atoms with Crippen LogP contribution in [0.1, 0.15) is 26.0 Å². The summed E-state index contributed by atoms with van der Waals surface area (Å²) in [5.74, 6) is 0.585. The first-order valence-corrected chi connectivity index (χ1v) is 6.56. The van der Waals surface area contributed by atoms with Crippen molar-refractivity contribution in [3.63, 3.8) is 0 Å². The van der Waals surface area contributed by atoms with Crippen LogP contribution in [0.4, 0.5) is 0 Å². The number of β-amino-alcohol motifs (C(OH)–C–C–N with tert-alkyl or cyclic N) is 1. The van der Waals surface area contributed by atoms with Crippen molar-refractivity contribution < 1.29 is 9.84 Å². The van der Waals surface area contributed by atoms with Crippen LogP contribution in [0.2, 0.25) is 0 Å². The SMILES string of the molecule is CC.Cc1cnc(O[C@H]2CCN(CCO)C2)cn1. The Labute approximate surface area is 109 Å². The van der Waals surface area contributed by atoms with Crippen LogP contribution in [0.5, 0.6) is 5.88 Å². The lowest BCUT2D eigenvalue weighted by molar-refractivity contribution is 0.176. The van der Waals surface area contributed by atoms with Crippen molar-refractivity contribution in [2.45, 2.75) is 33.3 Å². The van der Waals surface area contributed by atoms with Gasteiger partial charge in [0.2, 0.25) is 5.88 Å². The van der Waals surface area contributed by atoms with E-state index >= 15 is 0 Å². The Morgan fingerprint density at radius 1 is 1.39 bits per heavy atom. The number of aryl methyl sites for hydroxylation is 1. The largest absolute Gasteiger partial charge is 0.472 e. The van der Waals surface area contributed by atoms with Crippen molar-refractivity contribution in [1.29, 1.82) is 0 Å². The number of aliphatic hydroxyl groups is 1. The highest BCUT2D eigenvalue weighted by molar-refractivity contribution is 5.06. The Morgan fingerprint density at radius 2 is 2.17 bits per heavy atom. The van der Waals surface area contributed by atoms with Gasteiger partial charge in [-0.05, 0) is 13.3 Å². The molecular formula is C13H23N3O2. The molecule has 0 spiro atoms. The first-order valence-electron chi connectivity index (χ1n) is 6.56. The van der Waals surface area contributed by atoms with Gasteiger partial charge in [0.25, 0.3) is 0 Å². The van der Waals surface area contributed by atoms with Crippen molar-refractivity contribution in [3.05, 3.63) is 18.1 Å². The van der Waals surface area contributed by atoms with Gasteiger partial charge in [-0.15, -0.1) is 0 Å². The van der Waals surface area contributed by atoms with E-state index in [9.17, 15) is 0 Å². The lowest BCUT2D eigenvalue weighted by Gasteiger charge is -2.14. The van der Waals surface area contributed by atoms with E-state index in [0.717, 1.165) is 31.7 Å². The molecule has 1 aliphatic heterocycles. The molecule has 0 aromatic carbocycles. The van der Waals surface area contributed by atoms with Gasteiger partial charge in [0.1, 0.15) is 6.10 Å². The van der Waals surface area contributed by atoms with E-state index < -0.39 is 0 Å². The van der Waals surface area contributed by atoms with Crippen LogP contribution in [0.15, 0.2) is 12.4 Å². The normalized spacial score (nSPS) is 19.2. The molecule has 102 valence electrons. The zero-order valence-corrected chi connectivity index (χ0v) is 11.5.